The van der Waals surface area contributed by atoms with Crippen molar-refractivity contribution in [3.8, 4) is 17.6 Å². The van der Waals surface area contributed by atoms with Gasteiger partial charge in [0, 0.05) is 11.6 Å². The molecule has 2 aromatic rings. The second-order valence-corrected chi connectivity index (χ2v) is 4.48. The first kappa shape index (κ1) is 14.4. The highest BCUT2D eigenvalue weighted by molar-refractivity contribution is 6.30. The van der Waals surface area contributed by atoms with Crippen LogP contribution >= 0.6 is 11.6 Å². The quantitative estimate of drug-likeness (QED) is 0.879. The Morgan fingerprint density at radius 1 is 1.20 bits per heavy atom. The fraction of sp³-hybridized carbons (Fsp3) is 0.125. The maximum Gasteiger partial charge on any atom is 0.142 e. The number of benzene rings is 2. The molecule has 0 radical (unpaired) electrons. The van der Waals surface area contributed by atoms with Gasteiger partial charge < -0.3 is 10.5 Å². The monoisotopic (exact) mass is 289 g/mol. The van der Waals surface area contributed by atoms with Crippen molar-refractivity contribution in [3.63, 3.8) is 0 Å². The summed E-state index contributed by atoms with van der Waals surface area (Å²) in [6, 6.07) is 11.9. The van der Waals surface area contributed by atoms with Gasteiger partial charge in [-0.3, -0.25) is 0 Å². The molecule has 0 atom stereocenters. The summed E-state index contributed by atoms with van der Waals surface area (Å²) in [5.41, 5.74) is 7.18. The Bertz CT molecular complexity index is 661. The van der Waals surface area contributed by atoms with Gasteiger partial charge in [-0.2, -0.15) is 0 Å². The van der Waals surface area contributed by atoms with Crippen molar-refractivity contribution in [2.24, 2.45) is 5.73 Å². The van der Waals surface area contributed by atoms with E-state index in [-0.39, 0.29) is 5.02 Å². The number of nitrogens with two attached hydrogens (primary N) is 1. The van der Waals surface area contributed by atoms with Gasteiger partial charge in [0.15, 0.2) is 0 Å². The van der Waals surface area contributed by atoms with E-state index in [1.165, 1.54) is 12.1 Å². The highest BCUT2D eigenvalue weighted by atomic mass is 35.5. The molecule has 0 aromatic heterocycles. The van der Waals surface area contributed by atoms with Crippen molar-refractivity contribution < 1.29 is 9.13 Å². The van der Waals surface area contributed by atoms with Gasteiger partial charge >= 0.3 is 0 Å². The highest BCUT2D eigenvalue weighted by Crippen LogP contribution is 2.22. The number of rotatable bonds is 3. The lowest BCUT2D eigenvalue weighted by molar-refractivity contribution is 0.306. The van der Waals surface area contributed by atoms with Crippen LogP contribution in [0.4, 0.5) is 4.39 Å². The largest absolute Gasteiger partial charge is 0.489 e. The highest BCUT2D eigenvalue weighted by Gasteiger charge is 2.02. The summed E-state index contributed by atoms with van der Waals surface area (Å²) in [5, 5.41) is 0.0464. The van der Waals surface area contributed by atoms with Crippen LogP contribution < -0.4 is 10.5 Å². The van der Waals surface area contributed by atoms with Crippen molar-refractivity contribution in [1.82, 2.24) is 0 Å². The molecule has 0 saturated heterocycles. The third-order valence-electron chi connectivity index (χ3n) is 2.56. The van der Waals surface area contributed by atoms with Crippen molar-refractivity contribution in [2.45, 2.75) is 6.61 Å². The van der Waals surface area contributed by atoms with Gasteiger partial charge in [0.05, 0.1) is 11.6 Å². The molecule has 2 N–H and O–H groups in total. The summed E-state index contributed by atoms with van der Waals surface area (Å²) in [6.07, 6.45) is 0. The van der Waals surface area contributed by atoms with Crippen LogP contribution in [0, 0.1) is 17.7 Å². The molecule has 2 nitrogen and oxygen atoms in total. The van der Waals surface area contributed by atoms with Gasteiger partial charge in [0.1, 0.15) is 18.2 Å². The van der Waals surface area contributed by atoms with Crippen LogP contribution in [0.3, 0.4) is 0 Å². The first-order valence-corrected chi connectivity index (χ1v) is 6.42. The molecule has 0 spiro atoms. The van der Waals surface area contributed by atoms with Crippen LogP contribution in [-0.2, 0) is 6.61 Å². The lowest BCUT2D eigenvalue weighted by Crippen LogP contribution is -1.96. The SMILES string of the molecule is NCC#Cc1cccc(COc2ccc(F)c(Cl)c2)c1. The van der Waals surface area contributed by atoms with E-state index in [1.807, 2.05) is 24.3 Å². The lowest BCUT2D eigenvalue weighted by atomic mass is 10.1. The summed E-state index contributed by atoms with van der Waals surface area (Å²) in [5.74, 6) is 5.82. The third-order valence-corrected chi connectivity index (χ3v) is 2.85. The van der Waals surface area contributed by atoms with E-state index in [2.05, 4.69) is 11.8 Å². The zero-order valence-electron chi connectivity index (χ0n) is 10.7. The van der Waals surface area contributed by atoms with Crippen LogP contribution in [0.1, 0.15) is 11.1 Å². The normalized spacial score (nSPS) is 9.75. The Hall–Kier alpha value is -2.02. The summed E-state index contributed by atoms with van der Waals surface area (Å²) < 4.78 is 18.6. The maximum absolute atomic E-state index is 13.0. The third kappa shape index (κ3) is 3.99. The smallest absolute Gasteiger partial charge is 0.142 e. The molecule has 0 amide bonds. The van der Waals surface area contributed by atoms with E-state index in [0.29, 0.717) is 18.9 Å². The Labute approximate surface area is 122 Å². The zero-order valence-corrected chi connectivity index (χ0v) is 11.5. The van der Waals surface area contributed by atoms with Crippen molar-refractivity contribution >= 4 is 11.6 Å². The Balaban J connectivity index is 2.05. The molecule has 0 aliphatic rings. The average molecular weight is 290 g/mol. The number of hydrogen-bond donors (Lipinski definition) is 1. The minimum absolute atomic E-state index is 0.0464. The molecule has 0 unspecified atom stereocenters. The van der Waals surface area contributed by atoms with Crippen LogP contribution in [0.15, 0.2) is 42.5 Å². The van der Waals surface area contributed by atoms with Crippen molar-refractivity contribution in [3.05, 3.63) is 64.4 Å². The van der Waals surface area contributed by atoms with E-state index in [9.17, 15) is 4.39 Å². The lowest BCUT2D eigenvalue weighted by Gasteiger charge is -2.07. The predicted octanol–water partition coefficient (Wildman–Crippen LogP) is 3.37. The number of ether oxygens (including phenoxy) is 1. The average Bonchev–Trinajstić information content (AvgIpc) is 2.47. The molecule has 20 heavy (non-hydrogen) atoms. The van der Waals surface area contributed by atoms with Crippen LogP contribution in [-0.4, -0.2) is 6.54 Å². The van der Waals surface area contributed by atoms with E-state index >= 15 is 0 Å². The number of halogens is 2. The van der Waals surface area contributed by atoms with E-state index in [0.717, 1.165) is 11.1 Å². The molecule has 0 fully saturated rings. The maximum atomic E-state index is 13.0. The van der Waals surface area contributed by atoms with Gasteiger partial charge in [-0.15, -0.1) is 0 Å². The molecule has 0 saturated carbocycles. The van der Waals surface area contributed by atoms with E-state index < -0.39 is 5.82 Å². The molecule has 2 aromatic carbocycles. The fourth-order valence-electron chi connectivity index (χ4n) is 1.63. The standard InChI is InChI=1S/C16H13ClFNO/c17-15-10-14(6-7-16(15)18)20-11-13-4-1-3-12(9-13)5-2-8-19/h1,3-4,6-7,9-10H,8,11,19H2. The van der Waals surface area contributed by atoms with Gasteiger partial charge in [0.25, 0.3) is 0 Å². The first-order valence-electron chi connectivity index (χ1n) is 6.05. The summed E-state index contributed by atoms with van der Waals surface area (Å²) in [7, 11) is 0. The van der Waals surface area contributed by atoms with Gasteiger partial charge in [-0.25, -0.2) is 4.39 Å². The van der Waals surface area contributed by atoms with Crippen molar-refractivity contribution in [1.29, 1.82) is 0 Å². The van der Waals surface area contributed by atoms with Gasteiger partial charge in [-0.05, 0) is 29.8 Å². The minimum Gasteiger partial charge on any atom is -0.489 e. The Morgan fingerprint density at radius 3 is 2.80 bits per heavy atom. The number of hydrogen-bond acceptors (Lipinski definition) is 2. The first-order chi connectivity index (χ1) is 9.69. The van der Waals surface area contributed by atoms with Gasteiger partial charge in [0.2, 0.25) is 0 Å². The molecular formula is C16H13ClFNO. The molecular weight excluding hydrogens is 277 g/mol. The fourth-order valence-corrected chi connectivity index (χ4v) is 1.80. The van der Waals surface area contributed by atoms with Crippen LogP contribution in [0.25, 0.3) is 0 Å². The zero-order chi connectivity index (χ0) is 14.4. The van der Waals surface area contributed by atoms with E-state index in [4.69, 9.17) is 22.1 Å². The molecule has 0 aliphatic carbocycles. The van der Waals surface area contributed by atoms with Gasteiger partial charge in [-0.1, -0.05) is 35.6 Å². The van der Waals surface area contributed by atoms with Crippen LogP contribution in [0.5, 0.6) is 5.75 Å². The minimum atomic E-state index is -0.460. The summed E-state index contributed by atoms with van der Waals surface area (Å²) in [4.78, 5) is 0. The predicted molar refractivity (Wildman–Crippen MR) is 78.1 cm³/mol. The molecule has 4 heteroatoms. The second kappa shape index (κ2) is 6.95. The Kier molecular flexibility index (Phi) is 5.00. The summed E-state index contributed by atoms with van der Waals surface area (Å²) >= 11 is 5.69. The molecule has 0 bridgehead atoms. The second-order valence-electron chi connectivity index (χ2n) is 4.07. The molecule has 0 heterocycles. The summed E-state index contributed by atoms with van der Waals surface area (Å²) in [6.45, 7) is 0.689. The Morgan fingerprint density at radius 2 is 2.05 bits per heavy atom. The molecule has 0 aliphatic heterocycles. The van der Waals surface area contributed by atoms with E-state index in [1.54, 1.807) is 6.07 Å². The van der Waals surface area contributed by atoms with Crippen molar-refractivity contribution in [2.75, 3.05) is 6.54 Å². The van der Waals surface area contributed by atoms with Crippen LogP contribution in [0.2, 0.25) is 5.02 Å². The topological polar surface area (TPSA) is 35.2 Å². The molecule has 2 rings (SSSR count). The molecule has 102 valence electrons.